The topological polar surface area (TPSA) is 53.6 Å². The van der Waals surface area contributed by atoms with Crippen LogP contribution >= 0.6 is 0 Å². The Hall–Kier alpha value is -4.12. The highest BCUT2D eigenvalue weighted by atomic mass is 16.4. The summed E-state index contributed by atoms with van der Waals surface area (Å²) in [6.07, 6.45) is 0. The minimum absolute atomic E-state index is 0.379. The van der Waals surface area contributed by atoms with E-state index in [1.54, 1.807) is 6.07 Å². The number of benzene rings is 5. The fraction of sp³-hybridized carbons (Fsp3) is 0.0323. The molecular weight excluding hydrogens is 431 g/mol. The van der Waals surface area contributed by atoms with E-state index in [0.717, 1.165) is 16.4 Å². The van der Waals surface area contributed by atoms with Crippen LogP contribution in [0.5, 0.6) is 0 Å². The summed E-state index contributed by atoms with van der Waals surface area (Å²) in [5, 5.41) is 22.0. The molecule has 1 aromatic heterocycles. The molecule has 35 heavy (non-hydrogen) atoms. The first-order valence-corrected chi connectivity index (χ1v) is 11.9. The molecule has 0 bridgehead atoms. The third-order valence-corrected chi connectivity index (χ3v) is 7.92. The molecule has 0 saturated carbocycles. The molecule has 8 rings (SSSR count). The van der Waals surface area contributed by atoms with Gasteiger partial charge in [0.15, 0.2) is 0 Å². The second-order valence-corrected chi connectivity index (χ2v) is 9.45. The van der Waals surface area contributed by atoms with Crippen LogP contribution in [0, 0.1) is 0 Å². The first kappa shape index (κ1) is 19.2. The van der Waals surface area contributed by atoms with Crippen LogP contribution in [-0.4, -0.2) is 17.2 Å². The average Bonchev–Trinajstić information content (AvgIpc) is 3.52. The number of para-hydroxylation sites is 1. The van der Waals surface area contributed by atoms with Crippen molar-refractivity contribution in [2.75, 3.05) is 0 Å². The van der Waals surface area contributed by atoms with E-state index in [2.05, 4.69) is 78.9 Å². The molecule has 164 valence electrons. The quantitative estimate of drug-likeness (QED) is 0.320. The molecule has 1 spiro atoms. The first-order valence-electron chi connectivity index (χ1n) is 11.9. The maximum absolute atomic E-state index is 10.0. The molecule has 2 N–H and O–H groups in total. The van der Waals surface area contributed by atoms with Gasteiger partial charge >= 0.3 is 7.12 Å². The van der Waals surface area contributed by atoms with Gasteiger partial charge in [0.2, 0.25) is 0 Å². The van der Waals surface area contributed by atoms with Crippen LogP contribution in [0.2, 0.25) is 0 Å². The van der Waals surface area contributed by atoms with Crippen LogP contribution in [0.1, 0.15) is 22.3 Å². The molecule has 5 aromatic carbocycles. The van der Waals surface area contributed by atoms with Gasteiger partial charge in [-0.2, -0.15) is 0 Å². The van der Waals surface area contributed by atoms with Crippen molar-refractivity contribution in [3.05, 3.63) is 125 Å². The standard InChI is InChI=1S/C31H19BO3/c33-32(34)26-15-7-11-22-28-27(35-30(22)26)17-16-21-20-10-3-6-14-25(20)31(29(21)28)23-12-4-1-8-18(23)19-9-2-5-13-24(19)31/h1-17,33-34H. The lowest BCUT2D eigenvalue weighted by atomic mass is 9.69. The molecule has 0 saturated heterocycles. The lowest BCUT2D eigenvalue weighted by Gasteiger charge is -2.31. The predicted octanol–water partition coefficient (Wildman–Crippen LogP) is 5.61. The second-order valence-electron chi connectivity index (χ2n) is 9.45. The van der Waals surface area contributed by atoms with Crippen LogP contribution < -0.4 is 5.46 Å². The van der Waals surface area contributed by atoms with Gasteiger partial charge in [-0.3, -0.25) is 0 Å². The molecule has 0 amide bonds. The molecule has 2 aliphatic carbocycles. The Morgan fingerprint density at radius 2 is 1.14 bits per heavy atom. The van der Waals surface area contributed by atoms with Gasteiger partial charge < -0.3 is 14.5 Å². The zero-order chi connectivity index (χ0) is 23.3. The smallest absolute Gasteiger partial charge is 0.456 e. The fourth-order valence-corrected chi connectivity index (χ4v) is 6.70. The monoisotopic (exact) mass is 450 g/mol. The van der Waals surface area contributed by atoms with Crippen molar-refractivity contribution in [2.24, 2.45) is 0 Å². The summed E-state index contributed by atoms with van der Waals surface area (Å²) in [6, 6.07) is 35.9. The minimum Gasteiger partial charge on any atom is -0.456 e. The summed E-state index contributed by atoms with van der Waals surface area (Å²) in [6.45, 7) is 0. The molecule has 1 heterocycles. The van der Waals surface area contributed by atoms with E-state index in [4.69, 9.17) is 4.42 Å². The van der Waals surface area contributed by atoms with Gasteiger partial charge in [-0.05, 0) is 50.6 Å². The summed E-state index contributed by atoms with van der Waals surface area (Å²) in [4.78, 5) is 0. The number of fused-ring (bicyclic) bond motifs is 14. The maximum Gasteiger partial charge on any atom is 0.492 e. The van der Waals surface area contributed by atoms with Crippen molar-refractivity contribution in [3.63, 3.8) is 0 Å². The Balaban J connectivity index is 1.65. The highest BCUT2D eigenvalue weighted by Gasteiger charge is 2.52. The molecule has 2 aliphatic rings. The summed E-state index contributed by atoms with van der Waals surface area (Å²) in [5.74, 6) is 0. The summed E-state index contributed by atoms with van der Waals surface area (Å²) >= 11 is 0. The van der Waals surface area contributed by atoms with E-state index < -0.39 is 12.5 Å². The molecule has 0 atom stereocenters. The van der Waals surface area contributed by atoms with Crippen LogP contribution in [-0.2, 0) is 5.41 Å². The zero-order valence-corrected chi connectivity index (χ0v) is 18.7. The largest absolute Gasteiger partial charge is 0.492 e. The molecular formula is C31H19BO3. The number of hydrogen-bond donors (Lipinski definition) is 2. The summed E-state index contributed by atoms with van der Waals surface area (Å²) in [5.41, 5.74) is 11.1. The van der Waals surface area contributed by atoms with Gasteiger partial charge in [-0.1, -0.05) is 97.1 Å². The van der Waals surface area contributed by atoms with Crippen molar-refractivity contribution in [2.45, 2.75) is 5.41 Å². The van der Waals surface area contributed by atoms with Crippen molar-refractivity contribution < 1.29 is 14.5 Å². The van der Waals surface area contributed by atoms with Gasteiger partial charge in [0.25, 0.3) is 0 Å². The van der Waals surface area contributed by atoms with Crippen LogP contribution in [0.25, 0.3) is 44.2 Å². The number of hydrogen-bond acceptors (Lipinski definition) is 3. The highest BCUT2D eigenvalue weighted by Crippen LogP contribution is 2.64. The molecule has 0 radical (unpaired) electrons. The Morgan fingerprint density at radius 3 is 1.74 bits per heavy atom. The van der Waals surface area contributed by atoms with E-state index in [0.29, 0.717) is 11.0 Å². The van der Waals surface area contributed by atoms with Crippen LogP contribution in [0.3, 0.4) is 0 Å². The normalized spacial score (nSPS) is 14.2. The summed E-state index contributed by atoms with van der Waals surface area (Å²) < 4.78 is 6.33. The van der Waals surface area contributed by atoms with Crippen LogP contribution in [0.4, 0.5) is 0 Å². The number of furan rings is 1. The van der Waals surface area contributed by atoms with E-state index in [-0.39, 0.29) is 0 Å². The molecule has 0 fully saturated rings. The van der Waals surface area contributed by atoms with Crippen molar-refractivity contribution >= 4 is 34.5 Å². The van der Waals surface area contributed by atoms with Gasteiger partial charge in [-0.25, -0.2) is 0 Å². The Morgan fingerprint density at radius 1 is 0.571 bits per heavy atom. The van der Waals surface area contributed by atoms with E-state index in [1.807, 2.05) is 18.2 Å². The Bertz CT molecular complexity index is 1780. The third-order valence-electron chi connectivity index (χ3n) is 7.92. The lowest BCUT2D eigenvalue weighted by Crippen LogP contribution is -2.30. The van der Waals surface area contributed by atoms with E-state index >= 15 is 0 Å². The van der Waals surface area contributed by atoms with Gasteiger partial charge in [0.05, 0.1) is 5.41 Å². The van der Waals surface area contributed by atoms with Crippen molar-refractivity contribution in [1.82, 2.24) is 0 Å². The summed E-state index contributed by atoms with van der Waals surface area (Å²) in [7, 11) is -1.61. The lowest BCUT2D eigenvalue weighted by molar-refractivity contribution is 0.425. The molecule has 6 aromatic rings. The van der Waals surface area contributed by atoms with Crippen LogP contribution in [0.15, 0.2) is 108 Å². The van der Waals surface area contributed by atoms with Crippen molar-refractivity contribution in [3.8, 4) is 22.3 Å². The highest BCUT2D eigenvalue weighted by molar-refractivity contribution is 6.61. The minimum atomic E-state index is -1.61. The van der Waals surface area contributed by atoms with Crippen molar-refractivity contribution in [1.29, 1.82) is 0 Å². The molecule has 3 nitrogen and oxygen atoms in total. The van der Waals surface area contributed by atoms with Gasteiger partial charge in [0, 0.05) is 16.2 Å². The van der Waals surface area contributed by atoms with Gasteiger partial charge in [-0.15, -0.1) is 0 Å². The second kappa shape index (κ2) is 6.51. The maximum atomic E-state index is 10.0. The average molecular weight is 450 g/mol. The van der Waals surface area contributed by atoms with E-state index in [9.17, 15) is 10.0 Å². The zero-order valence-electron chi connectivity index (χ0n) is 18.7. The first-order chi connectivity index (χ1) is 17.2. The molecule has 0 unspecified atom stereocenters. The third kappa shape index (κ3) is 2.15. The number of rotatable bonds is 1. The van der Waals surface area contributed by atoms with Gasteiger partial charge in [0.1, 0.15) is 11.2 Å². The SMILES string of the molecule is OB(O)c1cccc2c1oc1ccc3c(c12)C1(c2ccccc2-c2ccccc21)c1ccccc1-3. The Kier molecular flexibility index (Phi) is 3.57. The molecule has 0 aliphatic heterocycles. The fourth-order valence-electron chi connectivity index (χ4n) is 6.70. The molecule has 4 heteroatoms. The Labute approximate surface area is 202 Å². The predicted molar refractivity (Wildman–Crippen MR) is 140 cm³/mol. The van der Waals surface area contributed by atoms with E-state index in [1.165, 1.54) is 44.5 Å².